The SMILES string of the molecule is OCC(O)CB(O)O. The van der Waals surface area contributed by atoms with Crippen LogP contribution in [0, 0.1) is 0 Å². The third kappa shape index (κ3) is 4.07. The summed E-state index contributed by atoms with van der Waals surface area (Å²) in [5, 5.41) is 32.8. The maximum absolute atomic E-state index is 8.46. The van der Waals surface area contributed by atoms with Gasteiger partial charge in [-0.25, -0.2) is 0 Å². The minimum Gasteiger partial charge on any atom is -0.427 e. The minimum absolute atomic E-state index is 0.198. The molecule has 0 bridgehead atoms. The van der Waals surface area contributed by atoms with Crippen molar-refractivity contribution in [2.45, 2.75) is 12.4 Å². The van der Waals surface area contributed by atoms with Crippen molar-refractivity contribution in [1.29, 1.82) is 0 Å². The first kappa shape index (κ1) is 7.90. The molecule has 0 heterocycles. The van der Waals surface area contributed by atoms with Crippen LogP contribution in [0.5, 0.6) is 0 Å². The second-order valence-corrected chi connectivity index (χ2v) is 1.55. The normalized spacial score (nSPS) is 13.5. The van der Waals surface area contributed by atoms with E-state index in [0.29, 0.717) is 0 Å². The maximum atomic E-state index is 8.46. The van der Waals surface area contributed by atoms with Crippen molar-refractivity contribution in [1.82, 2.24) is 0 Å². The lowest BCUT2D eigenvalue weighted by Gasteiger charge is -2.03. The molecule has 0 aromatic heterocycles. The lowest BCUT2D eigenvalue weighted by atomic mass is 9.83. The maximum Gasteiger partial charge on any atom is 0.454 e. The molecule has 4 N–H and O–H groups in total. The summed E-state index contributed by atoms with van der Waals surface area (Å²) in [7, 11) is -1.53. The molecule has 1 unspecified atom stereocenters. The van der Waals surface area contributed by atoms with E-state index >= 15 is 0 Å². The second-order valence-electron chi connectivity index (χ2n) is 1.55. The van der Waals surface area contributed by atoms with Gasteiger partial charge in [0.1, 0.15) is 0 Å². The highest BCUT2D eigenvalue weighted by atomic mass is 16.4. The van der Waals surface area contributed by atoms with Crippen LogP contribution >= 0.6 is 0 Å². The van der Waals surface area contributed by atoms with Gasteiger partial charge in [-0.15, -0.1) is 0 Å². The monoisotopic (exact) mass is 120 g/mol. The highest BCUT2D eigenvalue weighted by Gasteiger charge is 2.12. The van der Waals surface area contributed by atoms with Crippen molar-refractivity contribution in [3.05, 3.63) is 0 Å². The Labute approximate surface area is 47.5 Å². The topological polar surface area (TPSA) is 80.9 Å². The number of aliphatic hydroxyl groups is 2. The second kappa shape index (κ2) is 3.85. The van der Waals surface area contributed by atoms with E-state index in [2.05, 4.69) is 0 Å². The van der Waals surface area contributed by atoms with Gasteiger partial charge in [0.2, 0.25) is 0 Å². The first-order chi connectivity index (χ1) is 3.66. The Morgan fingerprint density at radius 2 is 1.88 bits per heavy atom. The van der Waals surface area contributed by atoms with Crippen LogP contribution < -0.4 is 0 Å². The number of aliphatic hydroxyl groups excluding tert-OH is 2. The molecule has 0 saturated carbocycles. The molecule has 0 saturated heterocycles. The van der Waals surface area contributed by atoms with Gasteiger partial charge in [0.05, 0.1) is 12.7 Å². The summed E-state index contributed by atoms with van der Waals surface area (Å²) in [6.45, 7) is -0.433. The molecular formula is C3H9BO4. The van der Waals surface area contributed by atoms with Gasteiger partial charge in [0.25, 0.3) is 0 Å². The molecule has 0 spiro atoms. The lowest BCUT2D eigenvalue weighted by Crippen LogP contribution is -2.22. The number of rotatable bonds is 3. The van der Waals surface area contributed by atoms with E-state index in [9.17, 15) is 0 Å². The van der Waals surface area contributed by atoms with Crippen LogP contribution in [0.1, 0.15) is 0 Å². The fourth-order valence-electron chi connectivity index (χ4n) is 0.318. The molecule has 0 rings (SSSR count). The molecule has 0 aliphatic heterocycles. The molecular weight excluding hydrogens is 111 g/mol. The summed E-state index contributed by atoms with van der Waals surface area (Å²) in [6, 6.07) is 0. The summed E-state index contributed by atoms with van der Waals surface area (Å²) in [5.41, 5.74) is 0. The van der Waals surface area contributed by atoms with Crippen LogP contribution in [-0.2, 0) is 0 Å². The van der Waals surface area contributed by atoms with Gasteiger partial charge < -0.3 is 20.3 Å². The van der Waals surface area contributed by atoms with Crippen molar-refractivity contribution < 1.29 is 20.3 Å². The molecule has 8 heavy (non-hydrogen) atoms. The Morgan fingerprint density at radius 3 is 2.00 bits per heavy atom. The summed E-state index contributed by atoms with van der Waals surface area (Å²) in [5.74, 6) is 0. The van der Waals surface area contributed by atoms with Crippen molar-refractivity contribution in [2.24, 2.45) is 0 Å². The van der Waals surface area contributed by atoms with Gasteiger partial charge in [0, 0.05) is 6.32 Å². The Balaban J connectivity index is 3.10. The molecule has 48 valence electrons. The van der Waals surface area contributed by atoms with Gasteiger partial charge in [-0.2, -0.15) is 0 Å². The van der Waals surface area contributed by atoms with Crippen LogP contribution in [0.25, 0.3) is 0 Å². The average Bonchev–Trinajstić information content (AvgIpc) is 1.65. The quantitative estimate of drug-likeness (QED) is 0.319. The van der Waals surface area contributed by atoms with Gasteiger partial charge in [-0.1, -0.05) is 0 Å². The standard InChI is InChI=1S/C3H9BO4/c5-2-3(6)1-4(7)8/h3,5-8H,1-2H2. The van der Waals surface area contributed by atoms with E-state index in [1.807, 2.05) is 0 Å². The zero-order valence-corrected chi connectivity index (χ0v) is 4.36. The van der Waals surface area contributed by atoms with E-state index < -0.39 is 19.8 Å². The minimum atomic E-state index is -1.53. The summed E-state index contributed by atoms with van der Waals surface area (Å²) < 4.78 is 0. The van der Waals surface area contributed by atoms with E-state index in [1.165, 1.54) is 0 Å². The first-order valence-corrected chi connectivity index (χ1v) is 2.32. The first-order valence-electron chi connectivity index (χ1n) is 2.32. The third-order valence-corrected chi connectivity index (χ3v) is 0.694. The highest BCUT2D eigenvalue weighted by molar-refractivity contribution is 6.41. The predicted molar refractivity (Wildman–Crippen MR) is 28.1 cm³/mol. The highest BCUT2D eigenvalue weighted by Crippen LogP contribution is 1.91. The number of hydrogen-bond acceptors (Lipinski definition) is 4. The molecule has 4 nitrogen and oxygen atoms in total. The summed E-state index contributed by atoms with van der Waals surface area (Å²) in [6.07, 6.45) is -1.22. The molecule has 0 aromatic rings. The molecule has 0 fully saturated rings. The Morgan fingerprint density at radius 1 is 1.38 bits per heavy atom. The van der Waals surface area contributed by atoms with E-state index in [1.54, 1.807) is 0 Å². The fourth-order valence-corrected chi connectivity index (χ4v) is 0.318. The van der Waals surface area contributed by atoms with Crippen LogP contribution in [0.4, 0.5) is 0 Å². The third-order valence-electron chi connectivity index (χ3n) is 0.694. The van der Waals surface area contributed by atoms with Gasteiger partial charge in [-0.05, 0) is 0 Å². The van der Waals surface area contributed by atoms with E-state index in [4.69, 9.17) is 20.3 Å². The van der Waals surface area contributed by atoms with Crippen LogP contribution in [0.15, 0.2) is 0 Å². The Hall–Kier alpha value is -0.0951. The molecule has 1 atom stereocenters. The van der Waals surface area contributed by atoms with E-state index in [0.717, 1.165) is 0 Å². The van der Waals surface area contributed by atoms with Crippen LogP contribution in [0.2, 0.25) is 6.32 Å². The summed E-state index contributed by atoms with van der Waals surface area (Å²) >= 11 is 0. The largest absolute Gasteiger partial charge is 0.454 e. The van der Waals surface area contributed by atoms with Crippen molar-refractivity contribution in [2.75, 3.05) is 6.61 Å². The molecule has 0 aliphatic carbocycles. The molecule has 0 amide bonds. The molecule has 5 heteroatoms. The fraction of sp³-hybridized carbons (Fsp3) is 1.00. The molecule has 0 radical (unpaired) electrons. The van der Waals surface area contributed by atoms with Crippen molar-refractivity contribution >= 4 is 7.12 Å². The zero-order valence-electron chi connectivity index (χ0n) is 4.36. The van der Waals surface area contributed by atoms with Crippen LogP contribution in [0.3, 0.4) is 0 Å². The lowest BCUT2D eigenvalue weighted by molar-refractivity contribution is 0.104. The molecule has 0 aromatic carbocycles. The van der Waals surface area contributed by atoms with Crippen LogP contribution in [-0.4, -0.2) is 40.1 Å². The van der Waals surface area contributed by atoms with Gasteiger partial charge >= 0.3 is 7.12 Å². The summed E-state index contributed by atoms with van der Waals surface area (Å²) in [4.78, 5) is 0. The zero-order chi connectivity index (χ0) is 6.57. The van der Waals surface area contributed by atoms with Gasteiger partial charge in [0.15, 0.2) is 0 Å². The number of hydrogen-bond donors (Lipinski definition) is 4. The van der Waals surface area contributed by atoms with Gasteiger partial charge in [-0.3, -0.25) is 0 Å². The Kier molecular flexibility index (Phi) is 3.81. The van der Waals surface area contributed by atoms with E-state index in [-0.39, 0.29) is 6.32 Å². The van der Waals surface area contributed by atoms with Crippen molar-refractivity contribution in [3.63, 3.8) is 0 Å². The van der Waals surface area contributed by atoms with Crippen molar-refractivity contribution in [3.8, 4) is 0 Å². The Bertz CT molecular complexity index is 57.2. The molecule has 0 aliphatic rings. The predicted octanol–water partition coefficient (Wildman–Crippen LogP) is -2.19. The average molecular weight is 120 g/mol. The smallest absolute Gasteiger partial charge is 0.427 e.